The Morgan fingerprint density at radius 3 is 1.53 bits per heavy atom. The maximum atomic E-state index is 10.7. The quantitative estimate of drug-likeness (QED) is 0.234. The predicted octanol–water partition coefficient (Wildman–Crippen LogP) is 3.01. The molecule has 0 aliphatic carbocycles. The molecule has 0 amide bonds. The summed E-state index contributed by atoms with van der Waals surface area (Å²) in [5, 5.41) is 0. The van der Waals surface area contributed by atoms with E-state index < -0.39 is 15.6 Å². The van der Waals surface area contributed by atoms with E-state index >= 15 is 0 Å². The highest BCUT2D eigenvalue weighted by molar-refractivity contribution is 7.86. The van der Waals surface area contributed by atoms with Gasteiger partial charge in [0, 0.05) is 12.1 Å². The third-order valence-corrected chi connectivity index (χ3v) is 5.71. The van der Waals surface area contributed by atoms with Crippen molar-refractivity contribution in [3.8, 4) is 11.6 Å². The first kappa shape index (κ1) is 23.4. The van der Waals surface area contributed by atoms with Gasteiger partial charge in [-0.3, -0.25) is 4.55 Å². The van der Waals surface area contributed by atoms with Crippen LogP contribution in [0.1, 0.15) is 0 Å². The van der Waals surface area contributed by atoms with Crippen LogP contribution in [0.3, 0.4) is 0 Å². The van der Waals surface area contributed by atoms with E-state index in [2.05, 4.69) is 99.6 Å². The fourth-order valence-corrected chi connectivity index (χ4v) is 3.57. The maximum absolute atomic E-state index is 10.7. The molecule has 0 saturated heterocycles. The normalized spacial score (nSPS) is 12.1. The van der Waals surface area contributed by atoms with Crippen LogP contribution >= 0.6 is 0 Å². The Balaban J connectivity index is 0.000000297. The largest absolute Gasteiger partial charge is 0.522 e. The van der Waals surface area contributed by atoms with Crippen molar-refractivity contribution in [1.82, 2.24) is 14.1 Å². The summed E-state index contributed by atoms with van der Waals surface area (Å²) in [5.41, 5.74) is -0.896. The molecule has 0 atom stereocenters. The van der Waals surface area contributed by atoms with Gasteiger partial charge in [0.2, 0.25) is 11.6 Å². The number of rotatable bonds is 2. The Morgan fingerprint density at radius 1 is 0.765 bits per heavy atom. The number of pyridine rings is 1. The van der Waals surface area contributed by atoms with E-state index in [1.54, 1.807) is 0 Å². The van der Waals surface area contributed by atoms with Crippen molar-refractivity contribution in [2.45, 2.75) is 5.51 Å². The summed E-state index contributed by atoms with van der Waals surface area (Å²) in [5.74, 6) is 1.81. The standard InChI is InChI=1S/C21H19N5.CHF3O3S/c1-23-14-25(18-10-5-3-8-16(18)23)20-12-7-13-21(22-20)26-15-24(2)17-9-4-6-11-19(17)26;2-1(3,4)8(5,6)7/h3-15H,1-2H3;(H,5,6,7)/q+2;. The Morgan fingerprint density at radius 2 is 1.15 bits per heavy atom. The molecule has 8 nitrogen and oxygen atoms in total. The van der Waals surface area contributed by atoms with Gasteiger partial charge in [0.15, 0.2) is 22.1 Å². The molecule has 2 aromatic carbocycles. The van der Waals surface area contributed by atoms with Crippen molar-refractivity contribution in [2.75, 3.05) is 0 Å². The van der Waals surface area contributed by atoms with E-state index in [-0.39, 0.29) is 0 Å². The molecule has 176 valence electrons. The zero-order valence-corrected chi connectivity index (χ0v) is 18.9. The summed E-state index contributed by atoms with van der Waals surface area (Å²) in [6, 6.07) is 22.9. The highest BCUT2D eigenvalue weighted by Gasteiger charge is 2.44. The lowest BCUT2D eigenvalue weighted by Crippen LogP contribution is -2.25. The van der Waals surface area contributed by atoms with Crippen molar-refractivity contribution in [1.29, 1.82) is 0 Å². The summed E-state index contributed by atoms with van der Waals surface area (Å²) >= 11 is 0. The molecular formula is C22H20F3N5O3S+2. The van der Waals surface area contributed by atoms with Crippen molar-refractivity contribution in [3.05, 3.63) is 79.4 Å². The molecule has 0 aliphatic heterocycles. The summed E-state index contributed by atoms with van der Waals surface area (Å²) < 4.78 is 66.0. The molecule has 3 heterocycles. The van der Waals surface area contributed by atoms with E-state index in [4.69, 9.17) is 18.0 Å². The minimum absolute atomic E-state index is 0.903. The lowest BCUT2D eigenvalue weighted by atomic mass is 10.3. The van der Waals surface area contributed by atoms with E-state index in [1.807, 2.05) is 12.1 Å². The Kier molecular flexibility index (Phi) is 5.87. The van der Waals surface area contributed by atoms with Gasteiger partial charge in [-0.25, -0.2) is 9.13 Å². The summed E-state index contributed by atoms with van der Waals surface area (Å²) in [7, 11) is -1.72. The number of para-hydroxylation sites is 4. The second-order valence-corrected chi connectivity index (χ2v) is 8.86. The number of nitrogens with zero attached hydrogens (tertiary/aromatic N) is 5. The Bertz CT molecular complexity index is 1510. The van der Waals surface area contributed by atoms with E-state index in [0.717, 1.165) is 22.7 Å². The van der Waals surface area contributed by atoms with E-state index in [9.17, 15) is 13.2 Å². The number of fused-ring (bicyclic) bond motifs is 2. The third-order valence-electron chi connectivity index (χ3n) is 5.13. The Hall–Kier alpha value is -3.77. The first-order valence-corrected chi connectivity index (χ1v) is 11.3. The Labute approximate surface area is 192 Å². The summed E-state index contributed by atoms with van der Waals surface area (Å²) in [4.78, 5) is 4.94. The highest BCUT2D eigenvalue weighted by Crippen LogP contribution is 2.21. The minimum atomic E-state index is -5.84. The first-order valence-electron chi connectivity index (χ1n) is 9.90. The average Bonchev–Trinajstić information content (AvgIpc) is 3.31. The van der Waals surface area contributed by atoms with Crippen LogP contribution in [0.15, 0.2) is 79.4 Å². The van der Waals surface area contributed by atoms with Crippen LogP contribution < -0.4 is 9.13 Å². The molecule has 0 saturated carbocycles. The van der Waals surface area contributed by atoms with Crippen LogP contribution in [0.25, 0.3) is 33.7 Å². The molecule has 0 fully saturated rings. The molecule has 5 aromatic rings. The van der Waals surface area contributed by atoms with Crippen LogP contribution in [0.4, 0.5) is 13.2 Å². The molecule has 1 N–H and O–H groups in total. The molecular weight excluding hydrogens is 471 g/mol. The molecule has 0 radical (unpaired) electrons. The molecule has 3 aromatic heterocycles. The monoisotopic (exact) mass is 491 g/mol. The lowest BCUT2D eigenvalue weighted by molar-refractivity contribution is -0.645. The topological polar surface area (TPSA) is 84.9 Å². The van der Waals surface area contributed by atoms with Gasteiger partial charge in [0.25, 0.3) is 12.7 Å². The van der Waals surface area contributed by atoms with Gasteiger partial charge in [0.05, 0.1) is 14.1 Å². The van der Waals surface area contributed by atoms with Crippen molar-refractivity contribution in [3.63, 3.8) is 0 Å². The molecule has 34 heavy (non-hydrogen) atoms. The second-order valence-electron chi connectivity index (χ2n) is 7.44. The van der Waals surface area contributed by atoms with Gasteiger partial charge in [-0.15, -0.1) is 0 Å². The van der Waals surface area contributed by atoms with Crippen molar-refractivity contribution < 1.29 is 35.3 Å². The van der Waals surface area contributed by atoms with Gasteiger partial charge < -0.3 is 0 Å². The molecule has 5 rings (SSSR count). The van der Waals surface area contributed by atoms with E-state index in [1.165, 1.54) is 11.0 Å². The van der Waals surface area contributed by atoms with Crippen molar-refractivity contribution >= 4 is 32.2 Å². The van der Waals surface area contributed by atoms with E-state index in [0.29, 0.717) is 0 Å². The molecule has 0 bridgehead atoms. The number of hydrogen-bond donors (Lipinski definition) is 1. The highest BCUT2D eigenvalue weighted by atomic mass is 32.2. The fraction of sp³-hybridized carbons (Fsp3) is 0.136. The fourth-order valence-electron chi connectivity index (χ4n) is 3.57. The maximum Gasteiger partial charge on any atom is 0.522 e. The SMILES string of the molecule is C[n+]1cn(-c2cccc(-n3c[n+](C)c4ccccc43)n2)c2ccccc21.O=S(=O)(O)C(F)(F)F. The smallest absolute Gasteiger partial charge is 0.279 e. The number of halogens is 3. The molecule has 0 spiro atoms. The first-order chi connectivity index (χ1) is 16.0. The number of benzene rings is 2. The van der Waals surface area contributed by atoms with Gasteiger partial charge >= 0.3 is 15.6 Å². The predicted molar refractivity (Wildman–Crippen MR) is 118 cm³/mol. The second kappa shape index (κ2) is 8.54. The lowest BCUT2D eigenvalue weighted by Gasteiger charge is -1.99. The van der Waals surface area contributed by atoms with Crippen LogP contribution in [-0.4, -0.2) is 32.6 Å². The van der Waals surface area contributed by atoms with Gasteiger partial charge in [0.1, 0.15) is 0 Å². The molecule has 12 heteroatoms. The van der Waals surface area contributed by atoms with Gasteiger partial charge in [-0.1, -0.05) is 30.3 Å². The number of aromatic nitrogens is 5. The number of hydrogen-bond acceptors (Lipinski definition) is 3. The number of aryl methyl sites for hydroxylation is 2. The van der Waals surface area contributed by atoms with Crippen LogP contribution in [-0.2, 0) is 24.2 Å². The van der Waals surface area contributed by atoms with Crippen molar-refractivity contribution in [2.24, 2.45) is 14.1 Å². The zero-order chi connectivity index (χ0) is 24.7. The minimum Gasteiger partial charge on any atom is -0.279 e. The number of imidazole rings is 2. The van der Waals surface area contributed by atoms with Crippen LogP contribution in [0.2, 0.25) is 0 Å². The average molecular weight is 491 g/mol. The number of alkyl halides is 3. The zero-order valence-electron chi connectivity index (χ0n) is 18.0. The van der Waals surface area contributed by atoms with Gasteiger partial charge in [-0.2, -0.15) is 35.7 Å². The van der Waals surface area contributed by atoms with Crippen LogP contribution in [0, 0.1) is 0 Å². The van der Waals surface area contributed by atoms with Gasteiger partial charge in [-0.05, 0) is 24.3 Å². The van der Waals surface area contributed by atoms with Crippen LogP contribution in [0.5, 0.6) is 0 Å². The summed E-state index contributed by atoms with van der Waals surface area (Å²) in [6.45, 7) is 0. The summed E-state index contributed by atoms with van der Waals surface area (Å²) in [6.07, 6.45) is 4.15. The molecule has 0 unspecified atom stereocenters. The third kappa shape index (κ3) is 4.37. The molecule has 0 aliphatic rings.